The van der Waals surface area contributed by atoms with Gasteiger partial charge in [0.05, 0.1) is 7.11 Å². The van der Waals surface area contributed by atoms with Crippen LogP contribution in [0.25, 0.3) is 0 Å². The Morgan fingerprint density at radius 3 is 2.79 bits per heavy atom. The molecule has 1 N–H and O–H groups in total. The second kappa shape index (κ2) is 8.74. The Morgan fingerprint density at radius 2 is 2.00 bits per heavy atom. The SMILES string of the molecule is CCC1CN(CCNC(=O)C2Cc3ccccc3O2)Cc2cc(OC)ccc2O1. The van der Waals surface area contributed by atoms with Crippen LogP contribution in [0.5, 0.6) is 17.2 Å². The number of nitrogens with one attached hydrogen (secondary N) is 1. The van der Waals surface area contributed by atoms with Crippen LogP contribution in [0.4, 0.5) is 0 Å². The van der Waals surface area contributed by atoms with E-state index in [1.165, 1.54) is 0 Å². The smallest absolute Gasteiger partial charge is 0.261 e. The highest BCUT2D eigenvalue weighted by Gasteiger charge is 2.29. The monoisotopic (exact) mass is 396 g/mol. The van der Waals surface area contributed by atoms with Gasteiger partial charge in [0.25, 0.3) is 5.91 Å². The number of fused-ring (bicyclic) bond motifs is 2. The lowest BCUT2D eigenvalue weighted by atomic mass is 10.1. The van der Waals surface area contributed by atoms with Crippen LogP contribution < -0.4 is 19.5 Å². The molecule has 0 saturated carbocycles. The number of para-hydroxylation sites is 1. The van der Waals surface area contributed by atoms with Gasteiger partial charge < -0.3 is 19.5 Å². The number of amides is 1. The summed E-state index contributed by atoms with van der Waals surface area (Å²) in [7, 11) is 1.67. The minimum atomic E-state index is -0.437. The van der Waals surface area contributed by atoms with Gasteiger partial charge in [0.15, 0.2) is 6.10 Å². The molecule has 2 aromatic rings. The third-order valence-corrected chi connectivity index (χ3v) is 5.54. The van der Waals surface area contributed by atoms with E-state index in [0.29, 0.717) is 13.0 Å². The number of nitrogens with zero attached hydrogens (tertiary/aromatic N) is 1. The maximum Gasteiger partial charge on any atom is 0.261 e. The number of rotatable bonds is 6. The lowest BCUT2D eigenvalue weighted by Crippen LogP contribution is -2.42. The van der Waals surface area contributed by atoms with E-state index in [1.807, 2.05) is 42.5 Å². The van der Waals surface area contributed by atoms with Crippen molar-refractivity contribution in [2.75, 3.05) is 26.7 Å². The van der Waals surface area contributed by atoms with Crippen molar-refractivity contribution < 1.29 is 19.0 Å². The molecule has 2 aromatic carbocycles. The molecule has 0 fully saturated rings. The van der Waals surface area contributed by atoms with E-state index in [1.54, 1.807) is 7.11 Å². The van der Waals surface area contributed by atoms with E-state index in [0.717, 1.165) is 54.4 Å². The van der Waals surface area contributed by atoms with Crippen molar-refractivity contribution in [1.29, 1.82) is 0 Å². The first kappa shape index (κ1) is 19.6. The van der Waals surface area contributed by atoms with Crippen molar-refractivity contribution in [1.82, 2.24) is 10.2 Å². The normalized spacial score (nSPS) is 20.6. The third-order valence-electron chi connectivity index (χ3n) is 5.54. The molecule has 154 valence electrons. The fraction of sp³-hybridized carbons (Fsp3) is 0.435. The van der Waals surface area contributed by atoms with Gasteiger partial charge in [-0.25, -0.2) is 0 Å². The van der Waals surface area contributed by atoms with Gasteiger partial charge in [-0.3, -0.25) is 9.69 Å². The van der Waals surface area contributed by atoms with Crippen LogP contribution in [-0.2, 0) is 17.8 Å². The Hall–Kier alpha value is -2.73. The summed E-state index contributed by atoms with van der Waals surface area (Å²) in [6, 6.07) is 13.8. The summed E-state index contributed by atoms with van der Waals surface area (Å²) in [6.45, 7) is 5.06. The highest BCUT2D eigenvalue weighted by atomic mass is 16.5. The van der Waals surface area contributed by atoms with Gasteiger partial charge in [-0.1, -0.05) is 25.1 Å². The molecule has 1 amide bonds. The molecule has 2 heterocycles. The zero-order valence-electron chi connectivity index (χ0n) is 17.0. The molecular weight excluding hydrogens is 368 g/mol. The molecule has 0 radical (unpaired) electrons. The number of ether oxygens (including phenoxy) is 3. The van der Waals surface area contributed by atoms with Crippen LogP contribution in [0.1, 0.15) is 24.5 Å². The first-order valence-electron chi connectivity index (χ1n) is 10.2. The van der Waals surface area contributed by atoms with E-state index in [4.69, 9.17) is 14.2 Å². The van der Waals surface area contributed by atoms with Crippen LogP contribution in [0.3, 0.4) is 0 Å². The highest BCUT2D eigenvalue weighted by molar-refractivity contribution is 5.82. The molecular formula is C23H28N2O4. The standard InChI is InChI=1S/C23H28N2O4/c1-3-18-15-25(14-17-12-19(27-2)8-9-21(17)28-18)11-10-24-23(26)22-13-16-6-4-5-7-20(16)29-22/h4-9,12,18,22H,3,10-11,13-15H2,1-2H3,(H,24,26). The molecule has 6 nitrogen and oxygen atoms in total. The molecule has 0 aliphatic carbocycles. The van der Waals surface area contributed by atoms with Crippen LogP contribution in [-0.4, -0.2) is 49.8 Å². The number of carbonyl (C=O) groups excluding carboxylic acids is 1. The Morgan fingerprint density at radius 1 is 1.17 bits per heavy atom. The van der Waals surface area contributed by atoms with Gasteiger partial charge >= 0.3 is 0 Å². The summed E-state index contributed by atoms with van der Waals surface area (Å²) in [5.41, 5.74) is 2.20. The van der Waals surface area contributed by atoms with Crippen LogP contribution in [0, 0.1) is 0 Å². The fourth-order valence-electron chi connectivity index (χ4n) is 3.89. The second-order valence-corrected chi connectivity index (χ2v) is 7.57. The van der Waals surface area contributed by atoms with Crippen molar-refractivity contribution in [3.8, 4) is 17.2 Å². The average Bonchev–Trinajstić information content (AvgIpc) is 3.10. The van der Waals surface area contributed by atoms with Crippen molar-refractivity contribution in [2.45, 2.75) is 38.5 Å². The second-order valence-electron chi connectivity index (χ2n) is 7.57. The number of hydrogen-bond acceptors (Lipinski definition) is 5. The van der Waals surface area contributed by atoms with Gasteiger partial charge in [0.2, 0.25) is 0 Å². The first-order chi connectivity index (χ1) is 14.2. The lowest BCUT2D eigenvalue weighted by Gasteiger charge is -2.23. The molecule has 2 aliphatic rings. The number of hydrogen-bond donors (Lipinski definition) is 1. The molecule has 0 saturated heterocycles. The minimum absolute atomic E-state index is 0.0543. The molecule has 2 unspecified atom stereocenters. The molecule has 0 spiro atoms. The molecule has 0 aromatic heterocycles. The van der Waals surface area contributed by atoms with Crippen LogP contribution >= 0.6 is 0 Å². The van der Waals surface area contributed by atoms with Gasteiger partial charge in [0, 0.05) is 38.2 Å². The van der Waals surface area contributed by atoms with Crippen LogP contribution in [0.15, 0.2) is 42.5 Å². The Balaban J connectivity index is 1.33. The Labute approximate surface area is 171 Å². The molecule has 29 heavy (non-hydrogen) atoms. The van der Waals surface area contributed by atoms with Crippen molar-refractivity contribution in [3.05, 3.63) is 53.6 Å². The third kappa shape index (κ3) is 4.48. The van der Waals surface area contributed by atoms with Gasteiger partial charge in [-0.2, -0.15) is 0 Å². The van der Waals surface area contributed by atoms with Gasteiger partial charge in [-0.05, 0) is 36.2 Å². The van der Waals surface area contributed by atoms with Crippen molar-refractivity contribution in [2.24, 2.45) is 0 Å². The minimum Gasteiger partial charge on any atom is -0.497 e. The predicted molar refractivity (Wildman–Crippen MR) is 111 cm³/mol. The van der Waals surface area contributed by atoms with E-state index < -0.39 is 6.10 Å². The number of methoxy groups -OCH3 is 1. The predicted octanol–water partition coefficient (Wildman–Crippen LogP) is 2.79. The zero-order chi connectivity index (χ0) is 20.2. The fourth-order valence-corrected chi connectivity index (χ4v) is 3.89. The maximum absolute atomic E-state index is 12.5. The molecule has 2 aliphatic heterocycles. The first-order valence-corrected chi connectivity index (χ1v) is 10.2. The summed E-state index contributed by atoms with van der Waals surface area (Å²) >= 11 is 0. The molecule has 2 atom stereocenters. The summed E-state index contributed by atoms with van der Waals surface area (Å²) < 4.78 is 17.3. The van der Waals surface area contributed by atoms with Crippen LogP contribution in [0.2, 0.25) is 0 Å². The quantitative estimate of drug-likeness (QED) is 0.814. The van der Waals surface area contributed by atoms with Gasteiger partial charge in [0.1, 0.15) is 23.4 Å². The zero-order valence-corrected chi connectivity index (χ0v) is 17.0. The number of benzene rings is 2. The summed E-state index contributed by atoms with van der Waals surface area (Å²) in [5.74, 6) is 2.50. The summed E-state index contributed by atoms with van der Waals surface area (Å²) in [6.07, 6.45) is 1.26. The van der Waals surface area contributed by atoms with Gasteiger partial charge in [-0.15, -0.1) is 0 Å². The molecule has 4 rings (SSSR count). The van der Waals surface area contributed by atoms with E-state index in [2.05, 4.69) is 17.1 Å². The average molecular weight is 396 g/mol. The summed E-state index contributed by atoms with van der Waals surface area (Å²) in [5, 5.41) is 3.04. The van der Waals surface area contributed by atoms with E-state index in [9.17, 15) is 4.79 Å². The molecule has 6 heteroatoms. The Bertz CT molecular complexity index is 845. The van der Waals surface area contributed by atoms with E-state index >= 15 is 0 Å². The Kier molecular flexibility index (Phi) is 5.90. The topological polar surface area (TPSA) is 60.0 Å². The highest BCUT2D eigenvalue weighted by Crippen LogP contribution is 2.30. The molecule has 0 bridgehead atoms. The summed E-state index contributed by atoms with van der Waals surface area (Å²) in [4.78, 5) is 14.9. The maximum atomic E-state index is 12.5. The van der Waals surface area contributed by atoms with Crippen molar-refractivity contribution >= 4 is 5.91 Å². The van der Waals surface area contributed by atoms with E-state index in [-0.39, 0.29) is 12.0 Å². The van der Waals surface area contributed by atoms with Crippen molar-refractivity contribution in [3.63, 3.8) is 0 Å². The lowest BCUT2D eigenvalue weighted by molar-refractivity contribution is -0.127. The largest absolute Gasteiger partial charge is 0.497 e. The number of carbonyl (C=O) groups is 1.